The average Bonchev–Trinajstić information content (AvgIpc) is 2.03. The lowest BCUT2D eigenvalue weighted by Crippen LogP contribution is -2.26. The topological polar surface area (TPSA) is 38.0 Å². The van der Waals surface area contributed by atoms with E-state index in [1.54, 1.807) is 6.20 Å². The third kappa shape index (κ3) is 2.29. The molecule has 1 rings (SSSR count). The highest BCUT2D eigenvalue weighted by molar-refractivity contribution is 4.80. The molecule has 0 aromatic rings. The fourth-order valence-corrected chi connectivity index (χ4v) is 1.46. The summed E-state index contributed by atoms with van der Waals surface area (Å²) in [4.78, 5) is 0. The molecule has 0 amide bonds. The van der Waals surface area contributed by atoms with Crippen molar-refractivity contribution in [1.29, 1.82) is 0 Å². The van der Waals surface area contributed by atoms with Gasteiger partial charge in [-0.15, -0.1) is 0 Å². The second-order valence-corrected chi connectivity index (χ2v) is 2.86. The van der Waals surface area contributed by atoms with Crippen LogP contribution in [0.15, 0.2) is 12.4 Å². The summed E-state index contributed by atoms with van der Waals surface area (Å²) in [6, 6.07) is 0.688. The van der Waals surface area contributed by atoms with Crippen molar-refractivity contribution in [2.45, 2.75) is 38.1 Å². The Kier molecular flexibility index (Phi) is 3.13. The van der Waals surface area contributed by atoms with Gasteiger partial charge in [-0.05, 0) is 12.8 Å². The second kappa shape index (κ2) is 4.20. The van der Waals surface area contributed by atoms with E-state index in [0.29, 0.717) is 6.04 Å². The van der Waals surface area contributed by atoms with Gasteiger partial charge in [-0.1, -0.05) is 19.3 Å². The molecule has 2 heteroatoms. The fourth-order valence-electron chi connectivity index (χ4n) is 1.46. The van der Waals surface area contributed by atoms with E-state index in [-0.39, 0.29) is 0 Å². The summed E-state index contributed by atoms with van der Waals surface area (Å²) in [6.07, 6.45) is 10.2. The molecule has 0 aromatic carbocycles. The molecule has 10 heavy (non-hydrogen) atoms. The lowest BCUT2D eigenvalue weighted by Gasteiger charge is -2.21. The second-order valence-electron chi connectivity index (χ2n) is 2.86. The Morgan fingerprint density at radius 1 is 1.20 bits per heavy atom. The predicted octanol–water partition coefficient (Wildman–Crippen LogP) is 1.34. The molecule has 2 nitrogen and oxygen atoms in total. The summed E-state index contributed by atoms with van der Waals surface area (Å²) in [7, 11) is 0. The van der Waals surface area contributed by atoms with Crippen LogP contribution in [0.1, 0.15) is 32.1 Å². The number of hydrogen-bond donors (Lipinski definition) is 2. The van der Waals surface area contributed by atoms with Crippen LogP contribution in [0.2, 0.25) is 0 Å². The van der Waals surface area contributed by atoms with E-state index in [2.05, 4.69) is 5.32 Å². The minimum Gasteiger partial charge on any atom is -0.403 e. The zero-order chi connectivity index (χ0) is 7.23. The highest BCUT2D eigenvalue weighted by atomic mass is 14.9. The van der Waals surface area contributed by atoms with Crippen molar-refractivity contribution < 1.29 is 0 Å². The van der Waals surface area contributed by atoms with E-state index in [0.717, 1.165) is 0 Å². The summed E-state index contributed by atoms with van der Waals surface area (Å²) >= 11 is 0. The maximum absolute atomic E-state index is 5.20. The Labute approximate surface area is 62.5 Å². The van der Waals surface area contributed by atoms with Crippen LogP contribution in [0.4, 0.5) is 0 Å². The van der Waals surface area contributed by atoms with E-state index in [9.17, 15) is 0 Å². The first-order chi connectivity index (χ1) is 4.93. The Balaban J connectivity index is 2.13. The van der Waals surface area contributed by atoms with Crippen molar-refractivity contribution in [3.8, 4) is 0 Å². The molecule has 0 aromatic heterocycles. The SMILES string of the molecule is N/C=C/NC1CCCCC1. The molecule has 0 unspecified atom stereocenters. The van der Waals surface area contributed by atoms with Gasteiger partial charge in [0.1, 0.15) is 0 Å². The van der Waals surface area contributed by atoms with Crippen LogP contribution >= 0.6 is 0 Å². The Bertz CT molecular complexity index is 104. The zero-order valence-corrected chi connectivity index (χ0v) is 6.34. The van der Waals surface area contributed by atoms with Crippen LogP contribution < -0.4 is 11.1 Å². The fraction of sp³-hybridized carbons (Fsp3) is 0.750. The quantitative estimate of drug-likeness (QED) is 0.607. The molecule has 1 saturated carbocycles. The van der Waals surface area contributed by atoms with Gasteiger partial charge in [0, 0.05) is 18.4 Å². The first-order valence-corrected chi connectivity index (χ1v) is 4.06. The van der Waals surface area contributed by atoms with Gasteiger partial charge in [-0.25, -0.2) is 0 Å². The van der Waals surface area contributed by atoms with Gasteiger partial charge in [0.05, 0.1) is 0 Å². The zero-order valence-electron chi connectivity index (χ0n) is 6.34. The van der Waals surface area contributed by atoms with Gasteiger partial charge >= 0.3 is 0 Å². The van der Waals surface area contributed by atoms with Crippen molar-refractivity contribution >= 4 is 0 Å². The van der Waals surface area contributed by atoms with Gasteiger partial charge in [-0.3, -0.25) is 0 Å². The Morgan fingerprint density at radius 2 is 1.90 bits per heavy atom. The third-order valence-corrected chi connectivity index (χ3v) is 2.03. The predicted molar refractivity (Wildman–Crippen MR) is 43.3 cm³/mol. The van der Waals surface area contributed by atoms with Gasteiger partial charge in [0.2, 0.25) is 0 Å². The monoisotopic (exact) mass is 140 g/mol. The molecular weight excluding hydrogens is 124 g/mol. The molecule has 0 radical (unpaired) electrons. The van der Waals surface area contributed by atoms with Crippen molar-refractivity contribution in [3.05, 3.63) is 12.4 Å². The van der Waals surface area contributed by atoms with Crippen LogP contribution in [-0.4, -0.2) is 6.04 Å². The summed E-state index contributed by atoms with van der Waals surface area (Å²) in [5.41, 5.74) is 5.20. The van der Waals surface area contributed by atoms with Crippen LogP contribution in [0.25, 0.3) is 0 Å². The van der Waals surface area contributed by atoms with Gasteiger partial charge < -0.3 is 11.1 Å². The first-order valence-electron chi connectivity index (χ1n) is 4.06. The molecule has 0 aliphatic heterocycles. The van der Waals surface area contributed by atoms with E-state index in [1.807, 2.05) is 6.20 Å². The van der Waals surface area contributed by atoms with E-state index in [4.69, 9.17) is 5.73 Å². The molecule has 0 bridgehead atoms. The molecule has 1 aliphatic carbocycles. The largest absolute Gasteiger partial charge is 0.403 e. The number of rotatable bonds is 2. The molecule has 1 aliphatic rings. The van der Waals surface area contributed by atoms with Gasteiger partial charge in [-0.2, -0.15) is 0 Å². The lowest BCUT2D eigenvalue weighted by molar-refractivity contribution is 0.404. The highest BCUT2D eigenvalue weighted by Gasteiger charge is 2.10. The lowest BCUT2D eigenvalue weighted by atomic mass is 9.96. The molecule has 0 spiro atoms. The molecule has 0 atom stereocenters. The smallest absolute Gasteiger partial charge is 0.0256 e. The molecule has 0 saturated heterocycles. The Hall–Kier alpha value is -0.660. The third-order valence-electron chi connectivity index (χ3n) is 2.03. The van der Waals surface area contributed by atoms with Crippen LogP contribution in [0.5, 0.6) is 0 Å². The van der Waals surface area contributed by atoms with Crippen LogP contribution in [0, 0.1) is 0 Å². The van der Waals surface area contributed by atoms with Crippen molar-refractivity contribution in [3.63, 3.8) is 0 Å². The normalized spacial score (nSPS) is 21.6. The molecule has 1 fully saturated rings. The summed E-state index contributed by atoms with van der Waals surface area (Å²) in [5, 5.41) is 3.27. The maximum Gasteiger partial charge on any atom is 0.0256 e. The van der Waals surface area contributed by atoms with Crippen LogP contribution in [-0.2, 0) is 0 Å². The average molecular weight is 140 g/mol. The molecule has 58 valence electrons. The minimum atomic E-state index is 0.688. The van der Waals surface area contributed by atoms with Gasteiger partial charge in [0.25, 0.3) is 0 Å². The first kappa shape index (κ1) is 7.45. The Morgan fingerprint density at radius 3 is 2.50 bits per heavy atom. The standard InChI is InChI=1S/C8H16N2/c9-6-7-10-8-4-2-1-3-5-8/h6-8,10H,1-5,9H2/b7-6+. The minimum absolute atomic E-state index is 0.688. The summed E-state index contributed by atoms with van der Waals surface area (Å²) in [6.45, 7) is 0. The molecule has 0 heterocycles. The molecule has 3 N–H and O–H groups in total. The van der Waals surface area contributed by atoms with Crippen molar-refractivity contribution in [1.82, 2.24) is 5.32 Å². The summed E-state index contributed by atoms with van der Waals surface area (Å²) < 4.78 is 0. The summed E-state index contributed by atoms with van der Waals surface area (Å²) in [5.74, 6) is 0. The number of nitrogens with one attached hydrogen (secondary N) is 1. The van der Waals surface area contributed by atoms with E-state index in [1.165, 1.54) is 32.1 Å². The molecular formula is C8H16N2. The maximum atomic E-state index is 5.20. The van der Waals surface area contributed by atoms with Crippen molar-refractivity contribution in [2.75, 3.05) is 0 Å². The van der Waals surface area contributed by atoms with Crippen molar-refractivity contribution in [2.24, 2.45) is 5.73 Å². The van der Waals surface area contributed by atoms with E-state index < -0.39 is 0 Å². The number of hydrogen-bond acceptors (Lipinski definition) is 2. The van der Waals surface area contributed by atoms with E-state index >= 15 is 0 Å². The van der Waals surface area contributed by atoms with Gasteiger partial charge in [0.15, 0.2) is 0 Å². The van der Waals surface area contributed by atoms with Crippen LogP contribution in [0.3, 0.4) is 0 Å². The number of nitrogens with two attached hydrogens (primary N) is 1. The highest BCUT2D eigenvalue weighted by Crippen LogP contribution is 2.16.